The predicted octanol–water partition coefficient (Wildman–Crippen LogP) is 1.14. The van der Waals surface area contributed by atoms with Crippen molar-refractivity contribution in [3.05, 3.63) is 33.9 Å². The number of nitro benzene ring substituents is 1. The summed E-state index contributed by atoms with van der Waals surface area (Å²) in [5, 5.41) is 15.4. The number of benzene rings is 1. The molecule has 1 aromatic carbocycles. The molecule has 0 spiro atoms. The summed E-state index contributed by atoms with van der Waals surface area (Å²) in [6, 6.07) is 5.02. The molecule has 0 saturated carbocycles. The van der Waals surface area contributed by atoms with Crippen LogP contribution in [0.1, 0.15) is 5.56 Å². The van der Waals surface area contributed by atoms with Crippen LogP contribution in [0, 0.1) is 10.1 Å². The van der Waals surface area contributed by atoms with Crippen molar-refractivity contribution in [2.75, 3.05) is 62.7 Å². The Kier molecular flexibility index (Phi) is 6.34. The van der Waals surface area contributed by atoms with Crippen molar-refractivity contribution >= 4 is 29.5 Å². The molecule has 0 atom stereocenters. The number of nitro groups is 1. The first kappa shape index (κ1) is 20.2. The molecule has 1 N–H and O–H groups in total. The van der Waals surface area contributed by atoms with Crippen LogP contribution in [0.15, 0.2) is 23.3 Å². The number of morpholine rings is 1. The molecule has 2 aromatic rings. The zero-order valence-corrected chi connectivity index (χ0v) is 16.4. The van der Waals surface area contributed by atoms with Crippen LogP contribution >= 0.6 is 0 Å². The van der Waals surface area contributed by atoms with Crippen molar-refractivity contribution in [2.24, 2.45) is 5.10 Å². The molecule has 0 bridgehead atoms. The van der Waals surface area contributed by atoms with E-state index in [1.165, 1.54) is 19.4 Å². The number of hydrogen-bond acceptors (Lipinski definition) is 11. The van der Waals surface area contributed by atoms with E-state index in [9.17, 15) is 10.1 Å². The molecule has 12 heteroatoms. The van der Waals surface area contributed by atoms with Crippen molar-refractivity contribution in [2.45, 2.75) is 0 Å². The van der Waals surface area contributed by atoms with Crippen molar-refractivity contribution in [1.82, 2.24) is 15.0 Å². The second-order valence-corrected chi connectivity index (χ2v) is 6.31. The van der Waals surface area contributed by atoms with E-state index in [1.54, 1.807) is 31.1 Å². The lowest BCUT2D eigenvalue weighted by atomic mass is 10.2. The highest BCUT2D eigenvalue weighted by atomic mass is 16.6. The molecule has 12 nitrogen and oxygen atoms in total. The van der Waals surface area contributed by atoms with Crippen molar-refractivity contribution in [1.29, 1.82) is 0 Å². The Hall–Kier alpha value is -3.54. The summed E-state index contributed by atoms with van der Waals surface area (Å²) in [6.45, 7) is 2.52. The summed E-state index contributed by atoms with van der Waals surface area (Å²) in [5.41, 5.74) is 3.79. The molecule has 154 valence electrons. The van der Waals surface area contributed by atoms with Gasteiger partial charge in [0, 0.05) is 38.8 Å². The summed E-state index contributed by atoms with van der Waals surface area (Å²) < 4.78 is 10.5. The van der Waals surface area contributed by atoms with Crippen LogP contribution in [0.5, 0.6) is 6.01 Å². The van der Waals surface area contributed by atoms with E-state index in [1.807, 2.05) is 4.90 Å². The normalized spacial score (nSPS) is 14.1. The maximum absolute atomic E-state index is 11.3. The third-order valence-corrected chi connectivity index (χ3v) is 4.14. The second-order valence-electron chi connectivity index (χ2n) is 6.31. The van der Waals surface area contributed by atoms with Crippen molar-refractivity contribution in [3.63, 3.8) is 0 Å². The highest BCUT2D eigenvalue weighted by Gasteiger charge is 2.17. The lowest BCUT2D eigenvalue weighted by Gasteiger charge is -2.26. The van der Waals surface area contributed by atoms with E-state index in [0.29, 0.717) is 43.5 Å². The Morgan fingerprint density at radius 1 is 1.31 bits per heavy atom. The minimum atomic E-state index is -0.425. The van der Waals surface area contributed by atoms with E-state index in [2.05, 4.69) is 25.5 Å². The molecule has 1 aliphatic heterocycles. The minimum Gasteiger partial charge on any atom is -0.467 e. The minimum absolute atomic E-state index is 0.00427. The Morgan fingerprint density at radius 3 is 2.72 bits per heavy atom. The van der Waals surface area contributed by atoms with Gasteiger partial charge in [0.15, 0.2) is 0 Å². The first-order chi connectivity index (χ1) is 14.0. The Bertz CT molecular complexity index is 899. The molecule has 1 aromatic heterocycles. The van der Waals surface area contributed by atoms with Crippen LogP contribution in [-0.2, 0) is 4.74 Å². The van der Waals surface area contributed by atoms with Gasteiger partial charge < -0.3 is 19.3 Å². The first-order valence-corrected chi connectivity index (χ1v) is 8.85. The average molecular weight is 402 g/mol. The number of nitrogens with zero attached hydrogens (tertiary/aromatic N) is 7. The second kappa shape index (κ2) is 9.10. The number of hydrazone groups is 1. The number of aromatic nitrogens is 3. The largest absolute Gasteiger partial charge is 0.467 e. The van der Waals surface area contributed by atoms with Crippen molar-refractivity contribution < 1.29 is 14.4 Å². The van der Waals surface area contributed by atoms with Gasteiger partial charge >= 0.3 is 6.01 Å². The summed E-state index contributed by atoms with van der Waals surface area (Å²) in [4.78, 5) is 27.2. The van der Waals surface area contributed by atoms with Crippen LogP contribution in [0.25, 0.3) is 0 Å². The number of rotatable bonds is 7. The molecular formula is C17H22N8O4. The van der Waals surface area contributed by atoms with Gasteiger partial charge in [-0.1, -0.05) is 6.07 Å². The van der Waals surface area contributed by atoms with E-state index < -0.39 is 4.92 Å². The fraction of sp³-hybridized carbons (Fsp3) is 0.412. The standard InChI is InChI=1S/C17H22N8O4/c1-23(2)13-5-4-12(10-14(13)25(26)27)11-18-22-15-19-16(21-17(20-15)28-3)24-6-8-29-9-7-24/h4-5,10-11H,6-9H2,1-3H3,(H,19,20,21,22). The molecule has 1 aliphatic rings. The predicted molar refractivity (Wildman–Crippen MR) is 108 cm³/mol. The van der Waals surface area contributed by atoms with Crippen LogP contribution in [-0.4, -0.2) is 73.6 Å². The summed E-state index contributed by atoms with van der Waals surface area (Å²) in [7, 11) is 4.96. The Balaban J connectivity index is 1.77. The third kappa shape index (κ3) is 5.04. The van der Waals surface area contributed by atoms with Crippen molar-refractivity contribution in [3.8, 4) is 6.01 Å². The molecule has 0 aliphatic carbocycles. The lowest BCUT2D eigenvalue weighted by molar-refractivity contribution is -0.384. The molecule has 0 radical (unpaired) electrons. The average Bonchev–Trinajstić information content (AvgIpc) is 2.73. The zero-order chi connectivity index (χ0) is 20.8. The first-order valence-electron chi connectivity index (χ1n) is 8.85. The maximum Gasteiger partial charge on any atom is 0.322 e. The van der Waals surface area contributed by atoms with Gasteiger partial charge in [-0.2, -0.15) is 20.1 Å². The smallest absolute Gasteiger partial charge is 0.322 e. The van der Waals surface area contributed by atoms with Gasteiger partial charge in [-0.25, -0.2) is 5.43 Å². The number of nitrogens with one attached hydrogen (secondary N) is 1. The molecule has 29 heavy (non-hydrogen) atoms. The van der Waals surface area contributed by atoms with E-state index in [4.69, 9.17) is 9.47 Å². The molecule has 1 fully saturated rings. The topological polar surface area (TPSA) is 131 Å². The van der Waals surface area contributed by atoms with E-state index in [0.717, 1.165) is 0 Å². The number of hydrogen-bond donors (Lipinski definition) is 1. The van der Waals surface area contributed by atoms with Gasteiger partial charge in [-0.3, -0.25) is 10.1 Å². The van der Waals surface area contributed by atoms with Gasteiger partial charge in [0.25, 0.3) is 11.6 Å². The van der Waals surface area contributed by atoms with Gasteiger partial charge in [0.05, 0.1) is 31.5 Å². The van der Waals surface area contributed by atoms with E-state index in [-0.39, 0.29) is 17.6 Å². The van der Waals surface area contributed by atoms with Crippen LogP contribution in [0.2, 0.25) is 0 Å². The van der Waals surface area contributed by atoms with Gasteiger partial charge in [0.2, 0.25) is 5.95 Å². The van der Waals surface area contributed by atoms with Crippen LogP contribution in [0.4, 0.5) is 23.3 Å². The Labute approximate surface area is 167 Å². The molecule has 3 rings (SSSR count). The SMILES string of the molecule is COc1nc(NN=Cc2ccc(N(C)C)c([N+](=O)[O-])c2)nc(N2CCOCC2)n1. The summed E-state index contributed by atoms with van der Waals surface area (Å²) in [6.07, 6.45) is 1.46. The highest BCUT2D eigenvalue weighted by molar-refractivity contribution is 5.83. The molecule has 0 amide bonds. The van der Waals surface area contributed by atoms with Gasteiger partial charge in [-0.05, 0) is 6.07 Å². The number of ether oxygens (including phenoxy) is 2. The van der Waals surface area contributed by atoms with E-state index >= 15 is 0 Å². The third-order valence-electron chi connectivity index (χ3n) is 4.14. The van der Waals surface area contributed by atoms with Gasteiger partial charge in [-0.15, -0.1) is 0 Å². The number of anilines is 3. The quantitative estimate of drug-likeness (QED) is 0.408. The highest BCUT2D eigenvalue weighted by Crippen LogP contribution is 2.27. The maximum atomic E-state index is 11.3. The monoisotopic (exact) mass is 402 g/mol. The number of methoxy groups -OCH3 is 1. The fourth-order valence-electron chi connectivity index (χ4n) is 2.70. The summed E-state index contributed by atoms with van der Waals surface area (Å²) >= 11 is 0. The van der Waals surface area contributed by atoms with Crippen LogP contribution < -0.4 is 20.0 Å². The Morgan fingerprint density at radius 2 is 2.07 bits per heavy atom. The lowest BCUT2D eigenvalue weighted by Crippen LogP contribution is -2.37. The molecule has 2 heterocycles. The van der Waals surface area contributed by atoms with Gasteiger partial charge in [0.1, 0.15) is 5.69 Å². The molecule has 1 saturated heterocycles. The fourth-order valence-corrected chi connectivity index (χ4v) is 2.70. The van der Waals surface area contributed by atoms with Crippen LogP contribution in [0.3, 0.4) is 0 Å². The molecular weight excluding hydrogens is 380 g/mol. The zero-order valence-electron chi connectivity index (χ0n) is 16.4. The summed E-state index contributed by atoms with van der Waals surface area (Å²) in [5.74, 6) is 0.665. The molecule has 0 unspecified atom stereocenters.